The molecule has 12 heteroatoms. The van der Waals surface area contributed by atoms with Crippen LogP contribution in [0.5, 0.6) is 11.5 Å². The van der Waals surface area contributed by atoms with Gasteiger partial charge in [0.1, 0.15) is 28.2 Å². The molecule has 0 saturated heterocycles. The van der Waals surface area contributed by atoms with Gasteiger partial charge < -0.3 is 19.9 Å². The van der Waals surface area contributed by atoms with E-state index < -0.39 is 0 Å². The number of fused-ring (bicyclic) bond motifs is 6. The van der Waals surface area contributed by atoms with Crippen molar-refractivity contribution in [3.8, 4) is 11.5 Å². The number of carbonyl (C=O) groups excluding carboxylic acids is 1. The molecule has 2 aromatic carbocycles. The molecular formula is C30H29ClN6O5. The minimum atomic E-state index is 0. The van der Waals surface area contributed by atoms with E-state index in [1.54, 1.807) is 24.5 Å². The van der Waals surface area contributed by atoms with Gasteiger partial charge in [-0.25, -0.2) is 15.9 Å². The summed E-state index contributed by atoms with van der Waals surface area (Å²) in [4.78, 5) is 28.6. The van der Waals surface area contributed by atoms with Crippen LogP contribution in [-0.2, 0) is 0 Å². The van der Waals surface area contributed by atoms with Crippen LogP contribution in [0.2, 0.25) is 0 Å². The lowest BCUT2D eigenvalue weighted by Gasteiger charge is -2.09. The summed E-state index contributed by atoms with van der Waals surface area (Å²) in [5, 5.41) is 22.0. The molecule has 6 rings (SSSR count). The van der Waals surface area contributed by atoms with Crippen LogP contribution in [0.1, 0.15) is 30.0 Å². The van der Waals surface area contributed by atoms with Gasteiger partial charge in [-0.15, -0.1) is 12.4 Å². The Balaban J connectivity index is 0.000000213. The molecule has 0 radical (unpaired) electrons. The zero-order valence-corrected chi connectivity index (χ0v) is 23.7. The van der Waals surface area contributed by atoms with E-state index in [0.717, 1.165) is 44.4 Å². The van der Waals surface area contributed by atoms with Crippen LogP contribution in [0, 0.1) is 0 Å². The normalized spacial score (nSPS) is 10.5. The molecule has 11 nitrogen and oxygen atoms in total. The Labute approximate surface area is 247 Å². The molecule has 0 atom stereocenters. The fourth-order valence-corrected chi connectivity index (χ4v) is 4.37. The van der Waals surface area contributed by atoms with Crippen LogP contribution in [0.4, 0.5) is 0 Å². The van der Waals surface area contributed by atoms with Gasteiger partial charge in [0.15, 0.2) is 6.29 Å². The molecule has 0 aliphatic heterocycles. The van der Waals surface area contributed by atoms with Crippen molar-refractivity contribution in [1.29, 1.82) is 0 Å². The zero-order chi connectivity index (χ0) is 29.2. The van der Waals surface area contributed by atoms with Crippen LogP contribution in [0.25, 0.3) is 43.6 Å². The molecular weight excluding hydrogens is 560 g/mol. The summed E-state index contributed by atoms with van der Waals surface area (Å²) >= 11 is 0. The summed E-state index contributed by atoms with van der Waals surface area (Å²) in [7, 11) is 0. The SMILES string of the molecule is CCOc1cc(/C=N/O)nc2c1ccc1cccnc12.CCOc1cc(C=O)nc2c1ccc1cccnc12.Cl.NO. The first-order valence-corrected chi connectivity index (χ1v) is 12.7. The van der Waals surface area contributed by atoms with Gasteiger partial charge in [0.2, 0.25) is 0 Å². The smallest absolute Gasteiger partial charge is 0.168 e. The first kappa shape index (κ1) is 31.6. The number of aromatic nitrogens is 4. The molecule has 6 aromatic rings. The average molecular weight is 589 g/mol. The second kappa shape index (κ2) is 15.1. The Hall–Kier alpha value is -4.97. The number of ether oxygens (including phenoxy) is 2. The van der Waals surface area contributed by atoms with Gasteiger partial charge >= 0.3 is 0 Å². The third-order valence-corrected chi connectivity index (χ3v) is 5.98. The highest BCUT2D eigenvalue weighted by molar-refractivity contribution is 6.06. The van der Waals surface area contributed by atoms with Crippen molar-refractivity contribution in [1.82, 2.24) is 19.9 Å². The number of pyridine rings is 4. The third-order valence-electron chi connectivity index (χ3n) is 5.98. The minimum absolute atomic E-state index is 0. The fourth-order valence-electron chi connectivity index (χ4n) is 4.37. The molecule has 0 amide bonds. The predicted octanol–water partition coefficient (Wildman–Crippen LogP) is 5.74. The van der Waals surface area contributed by atoms with Gasteiger partial charge in [-0.05, 0) is 38.1 Å². The van der Waals surface area contributed by atoms with E-state index in [1.807, 2.05) is 62.4 Å². The van der Waals surface area contributed by atoms with Crippen LogP contribution < -0.4 is 15.4 Å². The summed E-state index contributed by atoms with van der Waals surface area (Å²) in [6, 6.07) is 19.0. The highest BCUT2D eigenvalue weighted by atomic mass is 35.5. The first-order valence-electron chi connectivity index (χ1n) is 12.7. The summed E-state index contributed by atoms with van der Waals surface area (Å²) < 4.78 is 11.2. The molecule has 4 aromatic heterocycles. The molecule has 0 aliphatic carbocycles. The zero-order valence-electron chi connectivity index (χ0n) is 22.8. The number of nitrogens with zero attached hydrogens (tertiary/aromatic N) is 5. The van der Waals surface area contributed by atoms with Crippen molar-refractivity contribution in [2.45, 2.75) is 13.8 Å². The molecule has 42 heavy (non-hydrogen) atoms. The molecule has 4 N–H and O–H groups in total. The summed E-state index contributed by atoms with van der Waals surface area (Å²) in [5.41, 5.74) is 3.91. The molecule has 0 bridgehead atoms. The van der Waals surface area contributed by atoms with Gasteiger partial charge in [-0.1, -0.05) is 29.4 Å². The topological polar surface area (TPSA) is 166 Å². The number of benzene rings is 2. The van der Waals surface area contributed by atoms with Crippen molar-refractivity contribution in [3.63, 3.8) is 0 Å². The van der Waals surface area contributed by atoms with Crippen LogP contribution >= 0.6 is 12.4 Å². The molecule has 0 unspecified atom stereocenters. The van der Waals surface area contributed by atoms with E-state index in [2.05, 4.69) is 31.0 Å². The number of rotatable bonds is 6. The molecule has 4 heterocycles. The number of hydrogen-bond acceptors (Lipinski definition) is 11. The van der Waals surface area contributed by atoms with Gasteiger partial charge in [0.05, 0.1) is 36.2 Å². The van der Waals surface area contributed by atoms with Crippen molar-refractivity contribution in [2.24, 2.45) is 11.1 Å². The van der Waals surface area contributed by atoms with Gasteiger partial charge in [0.25, 0.3) is 0 Å². The van der Waals surface area contributed by atoms with E-state index in [4.69, 9.17) is 19.9 Å². The maximum atomic E-state index is 11.0. The first-order chi connectivity index (χ1) is 20.2. The summed E-state index contributed by atoms with van der Waals surface area (Å²) in [6.45, 7) is 4.92. The largest absolute Gasteiger partial charge is 0.493 e. The van der Waals surface area contributed by atoms with E-state index in [-0.39, 0.29) is 12.4 Å². The monoisotopic (exact) mass is 588 g/mol. The van der Waals surface area contributed by atoms with Crippen molar-refractivity contribution < 1.29 is 24.7 Å². The number of oxime groups is 1. The van der Waals surface area contributed by atoms with Gasteiger partial charge in [-0.3, -0.25) is 14.8 Å². The number of halogens is 1. The summed E-state index contributed by atoms with van der Waals surface area (Å²) in [6.07, 6.45) is 5.46. The Morgan fingerprint density at radius 2 is 1.24 bits per heavy atom. The predicted molar refractivity (Wildman–Crippen MR) is 164 cm³/mol. The van der Waals surface area contributed by atoms with E-state index in [9.17, 15) is 4.79 Å². The lowest BCUT2D eigenvalue weighted by molar-refractivity contribution is 0.111. The molecule has 0 aliphatic rings. The molecule has 0 fully saturated rings. The number of nitrogens with two attached hydrogens (primary N) is 1. The molecule has 0 saturated carbocycles. The van der Waals surface area contributed by atoms with E-state index >= 15 is 0 Å². The van der Waals surface area contributed by atoms with E-state index in [0.29, 0.717) is 41.6 Å². The van der Waals surface area contributed by atoms with Gasteiger partial charge in [0, 0.05) is 46.1 Å². The highest BCUT2D eigenvalue weighted by Crippen LogP contribution is 2.31. The lowest BCUT2D eigenvalue weighted by atomic mass is 10.1. The second-order valence-corrected chi connectivity index (χ2v) is 8.39. The van der Waals surface area contributed by atoms with Gasteiger partial charge in [-0.2, -0.15) is 0 Å². The Kier molecular flexibility index (Phi) is 11.4. The van der Waals surface area contributed by atoms with E-state index in [1.165, 1.54) is 6.21 Å². The molecule has 0 spiro atoms. The fraction of sp³-hybridized carbons (Fsp3) is 0.133. The highest BCUT2D eigenvalue weighted by Gasteiger charge is 2.11. The minimum Gasteiger partial charge on any atom is -0.493 e. The standard InChI is InChI=1S/C15H13N3O2.C15H12N2O2.ClH.H3NO/c1-2-20-13-8-11(9-17-19)18-15-12(13)6-5-10-4-3-7-16-14(10)15;1-2-19-13-8-11(9-18)17-15-12(13)6-5-10-4-3-7-16-14(10)15;;1-2/h3-9,19H,2H2,1H3;3-9H,2H2,1H3;1H;2H,1H2/b17-9+;;;. The molecule has 216 valence electrons. The van der Waals surface area contributed by atoms with Crippen molar-refractivity contribution >= 4 is 68.5 Å². The van der Waals surface area contributed by atoms with Crippen molar-refractivity contribution in [3.05, 3.63) is 84.4 Å². The lowest BCUT2D eigenvalue weighted by Crippen LogP contribution is -1.98. The Morgan fingerprint density at radius 3 is 1.69 bits per heavy atom. The maximum Gasteiger partial charge on any atom is 0.168 e. The number of aldehydes is 1. The average Bonchev–Trinajstić information content (AvgIpc) is 3.02. The maximum absolute atomic E-state index is 11.0. The third kappa shape index (κ3) is 6.66. The van der Waals surface area contributed by atoms with Crippen LogP contribution in [0.15, 0.2) is 78.2 Å². The van der Waals surface area contributed by atoms with Crippen LogP contribution in [-0.4, -0.2) is 56.1 Å². The Morgan fingerprint density at radius 1 is 0.762 bits per heavy atom. The number of hydrogen-bond donors (Lipinski definition) is 3. The Bertz CT molecular complexity index is 1850. The summed E-state index contributed by atoms with van der Waals surface area (Å²) in [5.74, 6) is 4.88. The quantitative estimate of drug-likeness (QED) is 0.0717. The van der Waals surface area contributed by atoms with Crippen molar-refractivity contribution in [2.75, 3.05) is 13.2 Å². The van der Waals surface area contributed by atoms with Crippen LogP contribution in [0.3, 0.4) is 0 Å². The number of carbonyl (C=O) groups is 1. The second-order valence-electron chi connectivity index (χ2n) is 8.39.